The van der Waals surface area contributed by atoms with E-state index >= 15 is 0 Å². The first-order valence-corrected chi connectivity index (χ1v) is 7.50. The standard InChI is InChI=1S/C14H17ClN6O/c1-9-6-20(7-10(2)17-9)14(22)12-4-3-11(5-13(12)15)21-8-16-18-19-21/h3-5,8-10,17H,6-7H2,1-2H3/t9-,10+. The SMILES string of the molecule is C[C@@H]1CN(C(=O)c2ccc(-n3cnnn3)cc2Cl)C[C@H](C)N1. The van der Waals surface area contributed by atoms with E-state index in [1.807, 2.05) is 4.90 Å². The number of amides is 1. The molecular weight excluding hydrogens is 304 g/mol. The molecule has 0 unspecified atom stereocenters. The van der Waals surface area contributed by atoms with Crippen LogP contribution in [0.4, 0.5) is 0 Å². The number of benzene rings is 1. The zero-order valence-corrected chi connectivity index (χ0v) is 13.2. The van der Waals surface area contributed by atoms with E-state index in [1.54, 1.807) is 18.2 Å². The molecule has 1 aliphatic heterocycles. The molecule has 1 amide bonds. The molecule has 0 bridgehead atoms. The molecule has 1 aromatic heterocycles. The van der Waals surface area contributed by atoms with E-state index in [2.05, 4.69) is 34.7 Å². The molecule has 3 rings (SSSR count). The van der Waals surface area contributed by atoms with Crippen molar-refractivity contribution in [2.24, 2.45) is 0 Å². The fraction of sp³-hybridized carbons (Fsp3) is 0.429. The van der Waals surface area contributed by atoms with Crippen LogP contribution in [-0.2, 0) is 0 Å². The van der Waals surface area contributed by atoms with Crippen LogP contribution in [0, 0.1) is 0 Å². The highest BCUT2D eigenvalue weighted by Gasteiger charge is 2.26. The highest BCUT2D eigenvalue weighted by Crippen LogP contribution is 2.22. The number of nitrogens with one attached hydrogen (secondary N) is 1. The summed E-state index contributed by atoms with van der Waals surface area (Å²) in [5, 5.41) is 14.8. The monoisotopic (exact) mass is 320 g/mol. The number of nitrogens with zero attached hydrogens (tertiary/aromatic N) is 5. The average molecular weight is 321 g/mol. The van der Waals surface area contributed by atoms with Crippen LogP contribution in [0.3, 0.4) is 0 Å². The van der Waals surface area contributed by atoms with Crippen molar-refractivity contribution in [3.05, 3.63) is 35.1 Å². The van der Waals surface area contributed by atoms with Crippen molar-refractivity contribution in [2.45, 2.75) is 25.9 Å². The average Bonchev–Trinajstić information content (AvgIpc) is 2.99. The molecule has 2 aromatic rings. The lowest BCUT2D eigenvalue weighted by atomic mass is 10.1. The Morgan fingerprint density at radius 1 is 1.32 bits per heavy atom. The van der Waals surface area contributed by atoms with E-state index in [-0.39, 0.29) is 18.0 Å². The topological polar surface area (TPSA) is 75.9 Å². The maximum Gasteiger partial charge on any atom is 0.255 e. The fourth-order valence-corrected chi connectivity index (χ4v) is 3.02. The number of piperazine rings is 1. The Morgan fingerprint density at radius 3 is 2.64 bits per heavy atom. The van der Waals surface area contributed by atoms with Crippen molar-refractivity contribution in [1.82, 2.24) is 30.4 Å². The quantitative estimate of drug-likeness (QED) is 0.898. The van der Waals surface area contributed by atoms with E-state index in [0.717, 1.165) is 0 Å². The molecule has 2 heterocycles. The summed E-state index contributed by atoms with van der Waals surface area (Å²) >= 11 is 6.29. The van der Waals surface area contributed by atoms with Crippen LogP contribution >= 0.6 is 11.6 Å². The molecule has 2 atom stereocenters. The lowest BCUT2D eigenvalue weighted by molar-refractivity contribution is 0.0674. The van der Waals surface area contributed by atoms with Gasteiger partial charge in [0.2, 0.25) is 0 Å². The molecule has 8 heteroatoms. The van der Waals surface area contributed by atoms with Crippen molar-refractivity contribution < 1.29 is 4.79 Å². The van der Waals surface area contributed by atoms with Gasteiger partial charge in [-0.3, -0.25) is 4.79 Å². The molecule has 22 heavy (non-hydrogen) atoms. The van der Waals surface area contributed by atoms with Gasteiger partial charge in [-0.05, 0) is 42.5 Å². The minimum absolute atomic E-state index is 0.0477. The van der Waals surface area contributed by atoms with Gasteiger partial charge < -0.3 is 10.2 Å². The summed E-state index contributed by atoms with van der Waals surface area (Å²) in [6, 6.07) is 5.74. The van der Waals surface area contributed by atoms with Crippen LogP contribution in [0.1, 0.15) is 24.2 Å². The molecule has 1 aliphatic rings. The van der Waals surface area contributed by atoms with Crippen molar-refractivity contribution in [3.8, 4) is 5.69 Å². The van der Waals surface area contributed by atoms with Gasteiger partial charge in [-0.15, -0.1) is 5.10 Å². The Balaban J connectivity index is 1.84. The molecule has 0 spiro atoms. The summed E-state index contributed by atoms with van der Waals surface area (Å²) in [7, 11) is 0. The van der Waals surface area contributed by atoms with Crippen molar-refractivity contribution in [3.63, 3.8) is 0 Å². The van der Waals surface area contributed by atoms with Gasteiger partial charge in [-0.25, -0.2) is 4.68 Å². The third-order valence-corrected chi connectivity index (χ3v) is 3.95. The lowest BCUT2D eigenvalue weighted by Crippen LogP contribution is -2.55. The second-order valence-electron chi connectivity index (χ2n) is 5.60. The first-order valence-electron chi connectivity index (χ1n) is 7.13. The maximum absolute atomic E-state index is 12.7. The molecule has 0 aliphatic carbocycles. The first kappa shape index (κ1) is 14.9. The van der Waals surface area contributed by atoms with Crippen molar-refractivity contribution in [2.75, 3.05) is 13.1 Å². The Labute approximate surface area is 133 Å². The van der Waals surface area contributed by atoms with Crippen molar-refractivity contribution >= 4 is 17.5 Å². The summed E-state index contributed by atoms with van der Waals surface area (Å²) in [5.74, 6) is -0.0477. The fourth-order valence-electron chi connectivity index (χ4n) is 2.76. The summed E-state index contributed by atoms with van der Waals surface area (Å²) in [6.07, 6.45) is 1.48. The molecular formula is C14H17ClN6O. The van der Waals surface area contributed by atoms with Gasteiger partial charge in [-0.2, -0.15) is 0 Å². The molecule has 1 N–H and O–H groups in total. The second kappa shape index (κ2) is 6.02. The number of carbonyl (C=O) groups excluding carboxylic acids is 1. The van der Waals surface area contributed by atoms with Crippen LogP contribution in [0.25, 0.3) is 5.69 Å². The van der Waals surface area contributed by atoms with Gasteiger partial charge in [0, 0.05) is 25.2 Å². The Morgan fingerprint density at radius 2 is 2.05 bits per heavy atom. The number of hydrogen-bond donors (Lipinski definition) is 1. The number of halogens is 1. The third-order valence-electron chi connectivity index (χ3n) is 3.64. The van der Waals surface area contributed by atoms with E-state index in [1.165, 1.54) is 11.0 Å². The number of rotatable bonds is 2. The molecule has 7 nitrogen and oxygen atoms in total. The van der Waals surface area contributed by atoms with Gasteiger partial charge in [0.25, 0.3) is 5.91 Å². The van der Waals surface area contributed by atoms with Crippen LogP contribution in [0.5, 0.6) is 0 Å². The molecule has 116 valence electrons. The minimum Gasteiger partial charge on any atom is -0.336 e. The summed E-state index contributed by atoms with van der Waals surface area (Å²) < 4.78 is 1.50. The van der Waals surface area contributed by atoms with Crippen LogP contribution in [0.15, 0.2) is 24.5 Å². The van der Waals surface area contributed by atoms with Crippen LogP contribution in [-0.4, -0.2) is 56.2 Å². The smallest absolute Gasteiger partial charge is 0.255 e. The van der Waals surface area contributed by atoms with Gasteiger partial charge in [0.15, 0.2) is 0 Å². The molecule has 0 saturated carbocycles. The summed E-state index contributed by atoms with van der Waals surface area (Å²) in [4.78, 5) is 14.5. The van der Waals surface area contributed by atoms with E-state index in [4.69, 9.17) is 11.6 Å². The van der Waals surface area contributed by atoms with Gasteiger partial charge in [-0.1, -0.05) is 11.6 Å². The number of carbonyl (C=O) groups is 1. The van der Waals surface area contributed by atoms with Gasteiger partial charge in [0.05, 0.1) is 16.3 Å². The summed E-state index contributed by atoms with van der Waals surface area (Å²) in [5.41, 5.74) is 1.22. The first-order chi connectivity index (χ1) is 10.5. The van der Waals surface area contributed by atoms with E-state index in [0.29, 0.717) is 29.4 Å². The third kappa shape index (κ3) is 2.95. The maximum atomic E-state index is 12.7. The Bertz CT molecular complexity index is 664. The molecule has 1 fully saturated rings. The number of tetrazole rings is 1. The largest absolute Gasteiger partial charge is 0.336 e. The highest BCUT2D eigenvalue weighted by atomic mass is 35.5. The zero-order chi connectivity index (χ0) is 15.7. The molecule has 0 radical (unpaired) electrons. The van der Waals surface area contributed by atoms with Crippen molar-refractivity contribution in [1.29, 1.82) is 0 Å². The number of hydrogen-bond acceptors (Lipinski definition) is 5. The normalized spacial score (nSPS) is 21.9. The predicted octanol–water partition coefficient (Wildman–Crippen LogP) is 1.14. The Hall–Kier alpha value is -1.99. The van der Waals surface area contributed by atoms with E-state index in [9.17, 15) is 4.79 Å². The predicted molar refractivity (Wildman–Crippen MR) is 82.1 cm³/mol. The number of aromatic nitrogens is 4. The van der Waals surface area contributed by atoms with Gasteiger partial charge in [0.1, 0.15) is 6.33 Å². The van der Waals surface area contributed by atoms with Crippen LogP contribution < -0.4 is 5.32 Å². The Kier molecular flexibility index (Phi) is 4.08. The van der Waals surface area contributed by atoms with Crippen LogP contribution in [0.2, 0.25) is 5.02 Å². The highest BCUT2D eigenvalue weighted by molar-refractivity contribution is 6.34. The second-order valence-corrected chi connectivity index (χ2v) is 6.00. The molecule has 1 saturated heterocycles. The summed E-state index contributed by atoms with van der Waals surface area (Å²) in [6.45, 7) is 5.49. The van der Waals surface area contributed by atoms with E-state index < -0.39 is 0 Å². The zero-order valence-electron chi connectivity index (χ0n) is 12.4. The minimum atomic E-state index is -0.0477. The lowest BCUT2D eigenvalue weighted by Gasteiger charge is -2.36. The molecule has 1 aromatic carbocycles. The van der Waals surface area contributed by atoms with Gasteiger partial charge >= 0.3 is 0 Å².